The van der Waals surface area contributed by atoms with E-state index in [-0.39, 0.29) is 0 Å². The summed E-state index contributed by atoms with van der Waals surface area (Å²) >= 11 is 7.78. The zero-order chi connectivity index (χ0) is 12.1. The molecule has 3 fully saturated rings. The van der Waals surface area contributed by atoms with Crippen molar-refractivity contribution < 1.29 is 0 Å². The maximum atomic E-state index is 5.97. The average Bonchev–Trinajstić information content (AvgIpc) is 2.83. The number of fused-ring (bicyclic) bond motifs is 4. The van der Waals surface area contributed by atoms with E-state index in [1.165, 1.54) is 38.0 Å². The van der Waals surface area contributed by atoms with Crippen LogP contribution in [0.1, 0.15) is 18.4 Å². The van der Waals surface area contributed by atoms with Gasteiger partial charge in [-0.25, -0.2) is 9.29 Å². The van der Waals surface area contributed by atoms with Gasteiger partial charge in [0.15, 0.2) is 0 Å². The van der Waals surface area contributed by atoms with Crippen molar-refractivity contribution in [2.45, 2.75) is 30.5 Å². The molecule has 0 aliphatic carbocycles. The molecule has 0 spiro atoms. The van der Waals surface area contributed by atoms with Crippen molar-refractivity contribution in [3.8, 4) is 0 Å². The minimum atomic E-state index is 0.608. The highest BCUT2D eigenvalue weighted by Crippen LogP contribution is 2.42. The maximum absolute atomic E-state index is 5.97. The van der Waals surface area contributed by atoms with Crippen LogP contribution in [0.25, 0.3) is 0 Å². The van der Waals surface area contributed by atoms with Crippen molar-refractivity contribution in [3.63, 3.8) is 0 Å². The molecule has 5 heteroatoms. The van der Waals surface area contributed by atoms with E-state index < -0.39 is 0 Å². The van der Waals surface area contributed by atoms with Gasteiger partial charge >= 0.3 is 0 Å². The van der Waals surface area contributed by atoms with E-state index in [1.807, 2.05) is 18.0 Å². The molecule has 96 valence electrons. The molecule has 0 radical (unpaired) electrons. The maximum Gasteiger partial charge on any atom is 0.130 e. The summed E-state index contributed by atoms with van der Waals surface area (Å²) in [5.74, 6) is 0.882. The van der Waals surface area contributed by atoms with Crippen molar-refractivity contribution in [1.82, 2.24) is 14.2 Å². The van der Waals surface area contributed by atoms with Crippen molar-refractivity contribution in [2.75, 3.05) is 19.6 Å². The van der Waals surface area contributed by atoms with Gasteiger partial charge in [-0.1, -0.05) is 17.7 Å². The number of rotatable bonds is 1. The second kappa shape index (κ2) is 4.37. The monoisotopic (exact) mass is 281 g/mol. The van der Waals surface area contributed by atoms with Crippen LogP contribution in [0.4, 0.5) is 0 Å². The predicted molar refractivity (Wildman–Crippen MR) is 73.6 cm³/mol. The summed E-state index contributed by atoms with van der Waals surface area (Å²) in [6.07, 6.45) is 2.73. The van der Waals surface area contributed by atoms with Gasteiger partial charge in [0.25, 0.3) is 0 Å². The van der Waals surface area contributed by atoms with Gasteiger partial charge in [-0.15, -0.1) is 0 Å². The van der Waals surface area contributed by atoms with Crippen LogP contribution < -0.4 is 0 Å². The molecule has 5 rings (SSSR count). The Kier molecular flexibility index (Phi) is 2.80. The highest BCUT2D eigenvalue weighted by Gasteiger charge is 2.40. The van der Waals surface area contributed by atoms with Crippen LogP contribution in [-0.2, 0) is 6.54 Å². The fourth-order valence-corrected chi connectivity index (χ4v) is 4.79. The third-order valence-electron chi connectivity index (χ3n) is 4.43. The molecule has 0 aromatic carbocycles. The Morgan fingerprint density at radius 1 is 1.28 bits per heavy atom. The molecule has 18 heavy (non-hydrogen) atoms. The fourth-order valence-electron chi connectivity index (χ4n) is 3.40. The molecule has 5 heterocycles. The number of nitrogens with zero attached hydrogens (tertiary/aromatic N) is 3. The Bertz CT molecular complexity index is 473. The molecule has 1 atom stereocenters. The second-order valence-corrected chi connectivity index (χ2v) is 6.90. The van der Waals surface area contributed by atoms with E-state index in [0.717, 1.165) is 17.5 Å². The van der Waals surface area contributed by atoms with Crippen LogP contribution in [0.3, 0.4) is 0 Å². The zero-order valence-electron chi connectivity index (χ0n) is 10.2. The number of piperidine rings is 3. The van der Waals surface area contributed by atoms with Crippen LogP contribution in [0.5, 0.6) is 0 Å². The molecule has 1 aromatic rings. The lowest BCUT2D eigenvalue weighted by atomic mass is 9.84. The van der Waals surface area contributed by atoms with E-state index in [4.69, 9.17) is 11.6 Å². The van der Waals surface area contributed by atoms with Gasteiger partial charge in [-0.3, -0.25) is 0 Å². The number of hydrogen-bond donors (Lipinski definition) is 0. The summed E-state index contributed by atoms with van der Waals surface area (Å²) < 4.78 is 2.53. The minimum Gasteiger partial charge on any atom is -0.302 e. The number of pyridine rings is 1. The first-order valence-corrected chi connectivity index (χ1v) is 7.77. The normalized spacial score (nSPS) is 34.8. The standard InChI is InChI=1S/C13H16ClN3S/c14-12-2-1-10-7-17(18-13(10)15-12)11-8-16-5-3-9(11)4-6-16/h1-2,9,11H,3-8H2/t11-/m1/s1. The molecule has 0 N–H and O–H groups in total. The summed E-state index contributed by atoms with van der Waals surface area (Å²) in [4.78, 5) is 7.04. The largest absolute Gasteiger partial charge is 0.302 e. The average molecular weight is 282 g/mol. The van der Waals surface area contributed by atoms with Gasteiger partial charge < -0.3 is 4.90 Å². The highest BCUT2D eigenvalue weighted by molar-refractivity contribution is 7.97. The molecule has 2 bridgehead atoms. The molecule has 4 aliphatic rings. The molecule has 0 saturated carbocycles. The Hall–Kier alpha value is -0.290. The lowest BCUT2D eigenvalue weighted by Gasteiger charge is -2.47. The Balaban J connectivity index is 1.55. The number of halogens is 1. The van der Waals surface area contributed by atoms with Gasteiger partial charge in [-0.2, -0.15) is 0 Å². The van der Waals surface area contributed by atoms with Crippen LogP contribution >= 0.6 is 23.5 Å². The first-order valence-electron chi connectivity index (χ1n) is 6.62. The van der Waals surface area contributed by atoms with Gasteiger partial charge in [0.05, 0.1) is 0 Å². The van der Waals surface area contributed by atoms with Gasteiger partial charge in [0.2, 0.25) is 0 Å². The molecule has 0 unspecified atom stereocenters. The Morgan fingerprint density at radius 3 is 2.83 bits per heavy atom. The van der Waals surface area contributed by atoms with Crippen molar-refractivity contribution in [2.24, 2.45) is 5.92 Å². The molecule has 4 aliphatic heterocycles. The smallest absolute Gasteiger partial charge is 0.130 e. The first kappa shape index (κ1) is 11.5. The molecular weight excluding hydrogens is 266 g/mol. The topological polar surface area (TPSA) is 19.4 Å². The van der Waals surface area contributed by atoms with Crippen LogP contribution in [0.2, 0.25) is 5.15 Å². The van der Waals surface area contributed by atoms with E-state index in [0.29, 0.717) is 11.2 Å². The Labute approximate surface area is 117 Å². The van der Waals surface area contributed by atoms with E-state index in [2.05, 4.69) is 20.3 Å². The second-order valence-electron chi connectivity index (χ2n) is 5.47. The van der Waals surface area contributed by atoms with E-state index in [1.54, 1.807) is 0 Å². The lowest BCUT2D eigenvalue weighted by Crippen LogP contribution is -2.55. The quantitative estimate of drug-likeness (QED) is 0.582. The van der Waals surface area contributed by atoms with Gasteiger partial charge in [-0.05, 0) is 49.9 Å². The fraction of sp³-hybridized carbons (Fsp3) is 0.615. The van der Waals surface area contributed by atoms with Gasteiger partial charge in [0, 0.05) is 24.7 Å². The molecule has 0 amide bonds. The SMILES string of the molecule is Clc1ccc2c(n1)SN([C@@H]1CN3CCC1CC3)C2. The number of aromatic nitrogens is 1. The van der Waals surface area contributed by atoms with Crippen LogP contribution in [0, 0.1) is 5.92 Å². The van der Waals surface area contributed by atoms with E-state index in [9.17, 15) is 0 Å². The summed E-state index contributed by atoms with van der Waals surface area (Å²) in [5, 5.41) is 1.72. The minimum absolute atomic E-state index is 0.608. The summed E-state index contributed by atoms with van der Waals surface area (Å²) in [7, 11) is 0. The molecule has 1 aromatic heterocycles. The Morgan fingerprint density at radius 2 is 2.11 bits per heavy atom. The third kappa shape index (κ3) is 1.86. The van der Waals surface area contributed by atoms with Crippen LogP contribution in [-0.4, -0.2) is 39.9 Å². The molecule has 3 nitrogen and oxygen atoms in total. The summed E-state index contributed by atoms with van der Waals surface area (Å²) in [5.41, 5.74) is 1.33. The zero-order valence-corrected chi connectivity index (χ0v) is 11.8. The van der Waals surface area contributed by atoms with Gasteiger partial charge in [0.1, 0.15) is 10.2 Å². The van der Waals surface area contributed by atoms with Crippen molar-refractivity contribution >= 4 is 23.5 Å². The molecule has 3 saturated heterocycles. The summed E-state index contributed by atoms with van der Waals surface area (Å²) in [6, 6.07) is 4.73. The molecular formula is C13H16ClN3S. The predicted octanol–water partition coefficient (Wildman–Crippen LogP) is 2.65. The number of hydrogen-bond acceptors (Lipinski definition) is 4. The summed E-state index contributed by atoms with van der Waals surface area (Å²) in [6.45, 7) is 4.87. The lowest BCUT2D eigenvalue weighted by molar-refractivity contribution is 0.0420. The van der Waals surface area contributed by atoms with E-state index >= 15 is 0 Å². The first-order chi connectivity index (χ1) is 8.79. The van der Waals surface area contributed by atoms with Crippen molar-refractivity contribution in [1.29, 1.82) is 0 Å². The van der Waals surface area contributed by atoms with Crippen LogP contribution in [0.15, 0.2) is 17.2 Å². The third-order valence-corrected chi connectivity index (χ3v) is 5.80. The highest BCUT2D eigenvalue weighted by atomic mass is 35.5. The van der Waals surface area contributed by atoms with Crippen molar-refractivity contribution in [3.05, 3.63) is 22.8 Å².